The molecule has 2 aromatic rings. The molecule has 1 amide bonds. The number of aliphatic hydroxyl groups is 1. The van der Waals surface area contributed by atoms with Gasteiger partial charge in [0.05, 0.1) is 32.4 Å². The Labute approximate surface area is 200 Å². The summed E-state index contributed by atoms with van der Waals surface area (Å²) >= 11 is 0. The van der Waals surface area contributed by atoms with Crippen LogP contribution in [0.15, 0.2) is 42.5 Å². The minimum absolute atomic E-state index is 0.0790. The van der Waals surface area contributed by atoms with Crippen LogP contribution in [0.3, 0.4) is 0 Å². The number of carbonyl (C=O) groups excluding carboxylic acids is 1. The highest BCUT2D eigenvalue weighted by Crippen LogP contribution is 2.49. The zero-order valence-electron chi connectivity index (χ0n) is 19.9. The first kappa shape index (κ1) is 24.3. The number of hydrogen-bond acceptors (Lipinski definition) is 7. The second-order valence-corrected chi connectivity index (χ2v) is 8.90. The van der Waals surface area contributed by atoms with Crippen LogP contribution in [0.25, 0.3) is 0 Å². The maximum atomic E-state index is 13.3. The predicted octanol–water partition coefficient (Wildman–Crippen LogP) is 3.07. The fraction of sp³-hybridized carbons (Fsp3) is 0.500. The van der Waals surface area contributed by atoms with Crippen LogP contribution in [-0.4, -0.2) is 53.9 Å². The Morgan fingerprint density at radius 2 is 1.82 bits per heavy atom. The van der Waals surface area contributed by atoms with Crippen LogP contribution in [0.5, 0.6) is 17.2 Å². The molecule has 4 atom stereocenters. The molecule has 8 nitrogen and oxygen atoms in total. The summed E-state index contributed by atoms with van der Waals surface area (Å²) in [6.07, 6.45) is 4.49. The van der Waals surface area contributed by atoms with E-state index in [-0.39, 0.29) is 42.8 Å². The van der Waals surface area contributed by atoms with Crippen LogP contribution in [0, 0.1) is 5.92 Å². The molecule has 0 radical (unpaired) electrons. The Kier molecular flexibility index (Phi) is 7.92. The number of carbonyl (C=O) groups is 1. The van der Waals surface area contributed by atoms with Gasteiger partial charge in [-0.2, -0.15) is 0 Å². The highest BCUT2D eigenvalue weighted by Gasteiger charge is 2.55. The van der Waals surface area contributed by atoms with Gasteiger partial charge in [-0.15, -0.1) is 0 Å². The number of β-amino-alcohol motifs (C(OH)–C–C–N with tert-alkyl or cyclic N) is 1. The number of methoxy groups -OCH3 is 1. The smallest absolute Gasteiger partial charge is 0.242 e. The van der Waals surface area contributed by atoms with Crippen molar-refractivity contribution >= 4 is 5.91 Å². The van der Waals surface area contributed by atoms with Crippen molar-refractivity contribution in [3.05, 3.63) is 53.6 Å². The lowest BCUT2D eigenvalue weighted by molar-refractivity contribution is -0.131. The van der Waals surface area contributed by atoms with E-state index in [4.69, 9.17) is 9.47 Å². The summed E-state index contributed by atoms with van der Waals surface area (Å²) in [6.45, 7) is 2.90. The molecule has 0 bridgehead atoms. The average Bonchev–Trinajstić information content (AvgIpc) is 3.39. The maximum absolute atomic E-state index is 13.3. The van der Waals surface area contributed by atoms with Crippen LogP contribution in [0.2, 0.25) is 0 Å². The molecule has 2 aliphatic heterocycles. The van der Waals surface area contributed by atoms with Gasteiger partial charge < -0.3 is 24.6 Å². The molecular formula is C26H35N3O5. The number of phenolic OH excluding ortho intramolecular Hbond substituents is 1. The highest BCUT2D eigenvalue weighted by molar-refractivity contribution is 5.86. The largest absolute Gasteiger partial charge is 0.508 e. The first-order chi connectivity index (χ1) is 16.6. The second kappa shape index (κ2) is 11.1. The lowest BCUT2D eigenvalue weighted by atomic mass is 9.83. The van der Waals surface area contributed by atoms with E-state index in [9.17, 15) is 15.0 Å². The summed E-state index contributed by atoms with van der Waals surface area (Å²) in [4.78, 5) is 15.0. The molecule has 2 aliphatic rings. The van der Waals surface area contributed by atoms with Crippen LogP contribution in [-0.2, 0) is 4.79 Å². The van der Waals surface area contributed by atoms with E-state index in [0.717, 1.165) is 24.0 Å². The second-order valence-electron chi connectivity index (χ2n) is 8.90. The number of hydrazine groups is 1. The molecule has 4 N–H and O–H groups in total. The number of aromatic hydroxyl groups is 1. The molecule has 0 saturated carbocycles. The minimum atomic E-state index is -0.471. The van der Waals surface area contributed by atoms with Crippen molar-refractivity contribution in [2.24, 2.45) is 5.92 Å². The molecule has 2 saturated heterocycles. The van der Waals surface area contributed by atoms with Crippen molar-refractivity contribution in [3.63, 3.8) is 0 Å². The summed E-state index contributed by atoms with van der Waals surface area (Å²) < 4.78 is 11.6. The van der Waals surface area contributed by atoms with Crippen LogP contribution in [0.4, 0.5) is 0 Å². The first-order valence-electron chi connectivity index (χ1n) is 12.1. The number of nitrogens with zero attached hydrogens (tertiary/aromatic N) is 1. The van der Waals surface area contributed by atoms with E-state index in [2.05, 4.69) is 17.8 Å². The number of unbranched alkanes of at least 4 members (excludes halogenated alkanes) is 3. The lowest BCUT2D eigenvalue weighted by Gasteiger charge is -2.31. The van der Waals surface area contributed by atoms with E-state index in [1.807, 2.05) is 30.3 Å². The number of fused-ring (bicyclic) bond motifs is 1. The number of benzene rings is 2. The third kappa shape index (κ3) is 4.71. The van der Waals surface area contributed by atoms with Gasteiger partial charge >= 0.3 is 0 Å². The highest BCUT2D eigenvalue weighted by atomic mass is 16.5. The molecule has 4 unspecified atom stereocenters. The minimum Gasteiger partial charge on any atom is -0.508 e. The Balaban J connectivity index is 1.64. The van der Waals surface area contributed by atoms with Gasteiger partial charge in [0.15, 0.2) is 11.5 Å². The number of phenols is 1. The fourth-order valence-electron chi connectivity index (χ4n) is 5.17. The van der Waals surface area contributed by atoms with Crippen LogP contribution < -0.4 is 20.3 Å². The molecule has 2 heterocycles. The summed E-state index contributed by atoms with van der Waals surface area (Å²) in [5, 5.41) is 20.2. The molecule has 2 aromatic carbocycles. The zero-order valence-corrected chi connectivity index (χ0v) is 19.9. The normalized spacial score (nSPS) is 23.9. The van der Waals surface area contributed by atoms with Crippen molar-refractivity contribution in [2.75, 3.05) is 26.9 Å². The third-order valence-corrected chi connectivity index (χ3v) is 6.81. The molecule has 184 valence electrons. The lowest BCUT2D eigenvalue weighted by Crippen LogP contribution is -2.42. The van der Waals surface area contributed by atoms with Crippen molar-refractivity contribution in [3.8, 4) is 17.2 Å². The maximum Gasteiger partial charge on any atom is 0.242 e. The van der Waals surface area contributed by atoms with Crippen LogP contribution >= 0.6 is 0 Å². The zero-order chi connectivity index (χ0) is 24.1. The van der Waals surface area contributed by atoms with E-state index in [1.54, 1.807) is 24.1 Å². The Morgan fingerprint density at radius 3 is 2.56 bits per heavy atom. The van der Waals surface area contributed by atoms with E-state index >= 15 is 0 Å². The van der Waals surface area contributed by atoms with Gasteiger partial charge in [-0.05, 0) is 30.2 Å². The fourth-order valence-corrected chi connectivity index (χ4v) is 5.17. The molecular weight excluding hydrogens is 434 g/mol. The van der Waals surface area contributed by atoms with E-state index in [0.29, 0.717) is 18.1 Å². The number of para-hydroxylation sites is 1. The first-order valence-corrected chi connectivity index (χ1v) is 12.1. The van der Waals surface area contributed by atoms with Gasteiger partial charge in [-0.25, -0.2) is 10.9 Å². The SMILES string of the molecule is CCCCCCOc1ccc(C2C3C(NNC3c3ccccc3O)C(=O)N2CCO)cc1OC. The molecule has 0 spiro atoms. The summed E-state index contributed by atoms with van der Waals surface area (Å²) in [5.41, 5.74) is 7.97. The van der Waals surface area contributed by atoms with Crippen LogP contribution in [0.1, 0.15) is 55.8 Å². The summed E-state index contributed by atoms with van der Waals surface area (Å²) in [7, 11) is 1.61. The van der Waals surface area contributed by atoms with Crippen molar-refractivity contribution < 1.29 is 24.5 Å². The quantitative estimate of drug-likeness (QED) is 0.375. The van der Waals surface area contributed by atoms with Crippen molar-refractivity contribution in [1.29, 1.82) is 0 Å². The molecule has 0 aromatic heterocycles. The monoisotopic (exact) mass is 469 g/mol. The Bertz CT molecular complexity index is 985. The summed E-state index contributed by atoms with van der Waals surface area (Å²) in [5.74, 6) is 1.20. The molecule has 0 aliphatic carbocycles. The number of likely N-dealkylation sites (tertiary alicyclic amines) is 1. The van der Waals surface area contributed by atoms with Gasteiger partial charge in [0.2, 0.25) is 5.91 Å². The number of ether oxygens (including phenoxy) is 2. The van der Waals surface area contributed by atoms with Gasteiger partial charge in [-0.3, -0.25) is 4.79 Å². The molecule has 2 fully saturated rings. The van der Waals surface area contributed by atoms with Crippen molar-refractivity contribution in [2.45, 2.75) is 50.7 Å². The van der Waals surface area contributed by atoms with Gasteiger partial charge in [-0.1, -0.05) is 50.5 Å². The number of rotatable bonds is 11. The number of hydrogen-bond donors (Lipinski definition) is 4. The number of amides is 1. The predicted molar refractivity (Wildman–Crippen MR) is 129 cm³/mol. The third-order valence-electron chi connectivity index (χ3n) is 6.81. The standard InChI is InChI=1S/C26H35N3O5/c1-3-4-5-8-15-34-20-12-11-17(16-21(20)33-2)25-22-23(18-9-6-7-10-19(18)31)27-28-24(22)26(32)29(25)13-14-30/h6-7,9-12,16,22-25,27-28,30-31H,3-5,8,13-15H2,1-2H3. The Morgan fingerprint density at radius 1 is 1.03 bits per heavy atom. The van der Waals surface area contributed by atoms with E-state index in [1.165, 1.54) is 12.8 Å². The molecule has 34 heavy (non-hydrogen) atoms. The molecule has 8 heteroatoms. The molecule has 4 rings (SSSR count). The Hall–Kier alpha value is -2.81. The number of aliphatic hydroxyl groups excluding tert-OH is 1. The summed E-state index contributed by atoms with van der Waals surface area (Å²) in [6, 6.07) is 11.9. The topological polar surface area (TPSA) is 103 Å². The average molecular weight is 470 g/mol. The number of nitrogens with one attached hydrogen (secondary N) is 2. The van der Waals surface area contributed by atoms with Crippen molar-refractivity contribution in [1.82, 2.24) is 15.8 Å². The van der Waals surface area contributed by atoms with Gasteiger partial charge in [0.25, 0.3) is 0 Å². The van der Waals surface area contributed by atoms with Gasteiger partial charge in [0.1, 0.15) is 11.8 Å². The van der Waals surface area contributed by atoms with Gasteiger partial charge in [0, 0.05) is 18.0 Å². The van der Waals surface area contributed by atoms with E-state index < -0.39 is 6.04 Å².